The van der Waals surface area contributed by atoms with Crippen molar-refractivity contribution in [2.75, 3.05) is 5.32 Å². The Kier molecular flexibility index (Phi) is 3.62. The summed E-state index contributed by atoms with van der Waals surface area (Å²) in [5, 5.41) is 13.8. The van der Waals surface area contributed by atoms with E-state index >= 15 is 0 Å². The Bertz CT molecular complexity index is 807. The summed E-state index contributed by atoms with van der Waals surface area (Å²) >= 11 is 1.33. The molecule has 4 heteroatoms. The second-order valence-corrected chi connectivity index (χ2v) is 5.93. The normalized spacial score (nSPS) is 10.7. The first kappa shape index (κ1) is 13.6. The van der Waals surface area contributed by atoms with Crippen LogP contribution in [-0.2, 0) is 6.54 Å². The lowest BCUT2D eigenvalue weighted by Gasteiger charge is -2.09. The van der Waals surface area contributed by atoms with Crippen molar-refractivity contribution < 1.29 is 9.90 Å². The van der Waals surface area contributed by atoms with Crippen molar-refractivity contribution in [2.45, 2.75) is 13.5 Å². The molecule has 0 unspecified atom stereocenters. The summed E-state index contributed by atoms with van der Waals surface area (Å²) in [6.07, 6.45) is 0. The van der Waals surface area contributed by atoms with Gasteiger partial charge >= 0.3 is 5.97 Å². The topological polar surface area (TPSA) is 49.3 Å². The number of aryl methyl sites for hydroxylation is 1. The third-order valence-corrected chi connectivity index (χ3v) is 4.69. The van der Waals surface area contributed by atoms with Crippen LogP contribution in [-0.4, -0.2) is 11.1 Å². The van der Waals surface area contributed by atoms with Crippen molar-refractivity contribution >= 4 is 33.1 Å². The zero-order valence-corrected chi connectivity index (χ0v) is 12.4. The molecule has 0 aliphatic carbocycles. The summed E-state index contributed by atoms with van der Waals surface area (Å²) in [5.41, 5.74) is 3.03. The average Bonchev–Trinajstić information content (AvgIpc) is 2.85. The third kappa shape index (κ3) is 2.62. The van der Waals surface area contributed by atoms with Gasteiger partial charge in [0.05, 0.1) is 0 Å². The van der Waals surface area contributed by atoms with Crippen molar-refractivity contribution in [1.82, 2.24) is 0 Å². The predicted octanol–water partition coefficient (Wildman–Crippen LogP) is 4.52. The molecule has 0 amide bonds. The molecule has 0 saturated carbocycles. The van der Waals surface area contributed by atoms with Gasteiger partial charge in [0, 0.05) is 22.5 Å². The molecule has 0 fully saturated rings. The second kappa shape index (κ2) is 5.58. The fraction of sp³-hybridized carbons (Fsp3) is 0.118. The molecule has 3 rings (SSSR count). The van der Waals surface area contributed by atoms with Gasteiger partial charge in [-0.15, -0.1) is 11.3 Å². The molecule has 0 aliphatic heterocycles. The van der Waals surface area contributed by atoms with Crippen LogP contribution in [0, 0.1) is 6.92 Å². The van der Waals surface area contributed by atoms with Crippen LogP contribution in [0.2, 0.25) is 0 Å². The molecule has 2 aromatic carbocycles. The molecule has 106 valence electrons. The molecule has 1 heterocycles. The Morgan fingerprint density at radius 2 is 1.86 bits per heavy atom. The maximum Gasteiger partial charge on any atom is 0.346 e. The van der Waals surface area contributed by atoms with Gasteiger partial charge in [0.1, 0.15) is 4.88 Å². The number of benzene rings is 2. The first-order valence-electron chi connectivity index (χ1n) is 6.70. The standard InChI is InChI=1S/C17H15NO2S/c1-11-6-2-4-8-14(11)18-10-13-12-7-3-5-9-15(12)21-16(13)17(19)20/h2-9,18H,10H2,1H3,(H,19,20). The number of aromatic carboxylic acids is 1. The number of carboxylic acid groups (broad SMARTS) is 1. The maximum atomic E-state index is 11.5. The van der Waals surface area contributed by atoms with Gasteiger partial charge in [0.25, 0.3) is 0 Å². The van der Waals surface area contributed by atoms with Crippen LogP contribution in [0.4, 0.5) is 5.69 Å². The molecule has 21 heavy (non-hydrogen) atoms. The fourth-order valence-electron chi connectivity index (χ4n) is 2.40. The quantitative estimate of drug-likeness (QED) is 0.744. The number of thiophene rings is 1. The highest BCUT2D eigenvalue weighted by Gasteiger charge is 2.17. The molecule has 2 N–H and O–H groups in total. The number of nitrogens with one attached hydrogen (secondary N) is 1. The first-order valence-corrected chi connectivity index (χ1v) is 7.51. The highest BCUT2D eigenvalue weighted by molar-refractivity contribution is 7.21. The largest absolute Gasteiger partial charge is 0.477 e. The molecule has 0 spiro atoms. The van der Waals surface area contributed by atoms with Crippen LogP contribution in [0.15, 0.2) is 48.5 Å². The van der Waals surface area contributed by atoms with Crippen molar-refractivity contribution in [3.63, 3.8) is 0 Å². The Morgan fingerprint density at radius 3 is 2.62 bits per heavy atom. The van der Waals surface area contributed by atoms with Gasteiger partial charge in [-0.2, -0.15) is 0 Å². The minimum absolute atomic E-state index is 0.414. The molecule has 0 bridgehead atoms. The van der Waals surface area contributed by atoms with Crippen LogP contribution >= 0.6 is 11.3 Å². The average molecular weight is 297 g/mol. The van der Waals surface area contributed by atoms with E-state index in [2.05, 4.69) is 5.32 Å². The SMILES string of the molecule is Cc1ccccc1NCc1c(C(=O)O)sc2ccccc12. The minimum Gasteiger partial charge on any atom is -0.477 e. The minimum atomic E-state index is -0.863. The summed E-state index contributed by atoms with van der Waals surface area (Å²) in [7, 11) is 0. The lowest BCUT2D eigenvalue weighted by Crippen LogP contribution is -2.05. The molecule has 3 nitrogen and oxygen atoms in total. The van der Waals surface area contributed by atoms with E-state index in [1.54, 1.807) is 0 Å². The van der Waals surface area contributed by atoms with Gasteiger partial charge in [0.15, 0.2) is 0 Å². The van der Waals surface area contributed by atoms with Gasteiger partial charge in [-0.25, -0.2) is 4.79 Å². The van der Waals surface area contributed by atoms with Gasteiger partial charge < -0.3 is 10.4 Å². The summed E-state index contributed by atoms with van der Waals surface area (Å²) in [4.78, 5) is 11.9. The van der Waals surface area contributed by atoms with Crippen molar-refractivity contribution in [3.05, 3.63) is 64.5 Å². The number of anilines is 1. The van der Waals surface area contributed by atoms with E-state index in [4.69, 9.17) is 0 Å². The number of carbonyl (C=O) groups is 1. The van der Waals surface area contributed by atoms with Crippen LogP contribution in [0.1, 0.15) is 20.8 Å². The maximum absolute atomic E-state index is 11.5. The summed E-state index contributed by atoms with van der Waals surface area (Å²) in [6.45, 7) is 2.54. The zero-order chi connectivity index (χ0) is 14.8. The highest BCUT2D eigenvalue weighted by Crippen LogP contribution is 2.32. The lowest BCUT2D eigenvalue weighted by molar-refractivity contribution is 0.0701. The number of fused-ring (bicyclic) bond motifs is 1. The molecule has 0 radical (unpaired) electrons. The van der Waals surface area contributed by atoms with Crippen LogP contribution in [0.5, 0.6) is 0 Å². The molecule has 0 saturated heterocycles. The Morgan fingerprint density at radius 1 is 1.14 bits per heavy atom. The number of para-hydroxylation sites is 1. The van der Waals surface area contributed by atoms with E-state index in [9.17, 15) is 9.90 Å². The summed E-state index contributed by atoms with van der Waals surface area (Å²) < 4.78 is 1.01. The van der Waals surface area contributed by atoms with Crippen LogP contribution in [0.3, 0.4) is 0 Å². The van der Waals surface area contributed by atoms with Crippen LogP contribution in [0.25, 0.3) is 10.1 Å². The first-order chi connectivity index (χ1) is 10.2. The van der Waals surface area contributed by atoms with E-state index in [0.717, 1.165) is 26.9 Å². The third-order valence-electron chi connectivity index (χ3n) is 3.49. The summed E-state index contributed by atoms with van der Waals surface area (Å²) in [5.74, 6) is -0.863. The van der Waals surface area contributed by atoms with Gasteiger partial charge in [-0.1, -0.05) is 36.4 Å². The molecular formula is C17H15NO2S. The molecule has 0 atom stereocenters. The fourth-order valence-corrected chi connectivity index (χ4v) is 3.46. The zero-order valence-electron chi connectivity index (χ0n) is 11.6. The summed E-state index contributed by atoms with van der Waals surface area (Å²) in [6, 6.07) is 15.8. The van der Waals surface area contributed by atoms with E-state index < -0.39 is 5.97 Å². The molecule has 1 aromatic heterocycles. The highest BCUT2D eigenvalue weighted by atomic mass is 32.1. The Labute approximate surface area is 126 Å². The predicted molar refractivity (Wildman–Crippen MR) is 87.3 cm³/mol. The van der Waals surface area contributed by atoms with Gasteiger partial charge in [0.2, 0.25) is 0 Å². The lowest BCUT2D eigenvalue weighted by atomic mass is 10.1. The number of rotatable bonds is 4. The second-order valence-electron chi connectivity index (χ2n) is 4.88. The van der Waals surface area contributed by atoms with E-state index in [0.29, 0.717) is 11.4 Å². The van der Waals surface area contributed by atoms with Crippen molar-refractivity contribution in [3.8, 4) is 0 Å². The van der Waals surface area contributed by atoms with Crippen LogP contribution < -0.4 is 5.32 Å². The van der Waals surface area contributed by atoms with Crippen molar-refractivity contribution in [2.24, 2.45) is 0 Å². The molecule has 0 aliphatic rings. The van der Waals surface area contributed by atoms with Gasteiger partial charge in [-0.05, 0) is 30.0 Å². The number of carboxylic acids is 1. The smallest absolute Gasteiger partial charge is 0.346 e. The van der Waals surface area contributed by atoms with Crippen molar-refractivity contribution in [1.29, 1.82) is 0 Å². The molecule has 3 aromatic rings. The Hall–Kier alpha value is -2.33. The number of hydrogen-bond donors (Lipinski definition) is 2. The van der Waals surface area contributed by atoms with Gasteiger partial charge in [-0.3, -0.25) is 0 Å². The van der Waals surface area contributed by atoms with E-state index in [-0.39, 0.29) is 0 Å². The monoisotopic (exact) mass is 297 g/mol. The van der Waals surface area contributed by atoms with E-state index in [1.165, 1.54) is 11.3 Å². The Balaban J connectivity index is 1.98. The van der Waals surface area contributed by atoms with E-state index in [1.807, 2.05) is 55.5 Å². The molecular weight excluding hydrogens is 282 g/mol. The number of hydrogen-bond acceptors (Lipinski definition) is 3.